The van der Waals surface area contributed by atoms with Crippen LogP contribution in [-0.2, 0) is 20.8 Å². The molecule has 3 aromatic carbocycles. The molecule has 0 aliphatic carbocycles. The van der Waals surface area contributed by atoms with E-state index in [0.717, 1.165) is 33.2 Å². The minimum absolute atomic E-state index is 0.0545. The number of aromatic nitrogens is 1. The lowest BCUT2D eigenvalue weighted by atomic mass is 9.76. The standard InChI is InChI=1S/C34H33N3O4/c1-33(2,3)37-30(38)27-28(31(37)39)34(32(40)41,19-24-20-35-26-12-8-7-11-25(24)26)36-29(27)23-17-15-22(16-18-23)14-13-21-9-5-4-6-10-21/h4-18,20,27-29,35-36H,19H2,1-3H3,(H,40,41). The van der Waals surface area contributed by atoms with Gasteiger partial charge in [0.15, 0.2) is 0 Å². The summed E-state index contributed by atoms with van der Waals surface area (Å²) in [6.07, 6.45) is 5.89. The Kier molecular flexibility index (Phi) is 6.42. The van der Waals surface area contributed by atoms with E-state index in [4.69, 9.17) is 0 Å². The number of carbonyl (C=O) groups excluding carboxylic acids is 2. The number of aliphatic carboxylic acids is 1. The third-order valence-corrected chi connectivity index (χ3v) is 8.41. The Labute approximate surface area is 238 Å². The average molecular weight is 548 g/mol. The number of benzene rings is 3. The fraction of sp³-hybridized carbons (Fsp3) is 0.265. The molecular formula is C34H33N3O4. The molecule has 3 heterocycles. The lowest BCUT2D eigenvalue weighted by Crippen LogP contribution is -2.58. The summed E-state index contributed by atoms with van der Waals surface area (Å²) in [6.45, 7) is 5.42. The van der Waals surface area contributed by atoms with Crippen molar-refractivity contribution in [1.29, 1.82) is 0 Å². The number of aromatic amines is 1. The summed E-state index contributed by atoms with van der Waals surface area (Å²) in [5.74, 6) is -3.80. The van der Waals surface area contributed by atoms with Crippen molar-refractivity contribution in [3.05, 3.63) is 107 Å². The lowest BCUT2D eigenvalue weighted by molar-refractivity contribution is -0.153. The van der Waals surface area contributed by atoms with Crippen LogP contribution in [0.1, 0.15) is 49.1 Å². The van der Waals surface area contributed by atoms with Crippen LogP contribution in [0.2, 0.25) is 0 Å². The molecule has 3 N–H and O–H groups in total. The number of hydrogen-bond acceptors (Lipinski definition) is 4. The predicted octanol–water partition coefficient (Wildman–Crippen LogP) is 5.45. The third kappa shape index (κ3) is 4.46. The molecule has 2 fully saturated rings. The maximum Gasteiger partial charge on any atom is 0.325 e. The Morgan fingerprint density at radius 1 is 0.902 bits per heavy atom. The van der Waals surface area contributed by atoms with Crippen LogP contribution in [0, 0.1) is 11.8 Å². The normalized spacial score (nSPS) is 24.5. The fourth-order valence-corrected chi connectivity index (χ4v) is 6.53. The van der Waals surface area contributed by atoms with Gasteiger partial charge in [-0.3, -0.25) is 24.6 Å². The molecule has 0 spiro atoms. The summed E-state index contributed by atoms with van der Waals surface area (Å²) in [5, 5.41) is 15.0. The van der Waals surface area contributed by atoms with Gasteiger partial charge >= 0.3 is 5.97 Å². The van der Waals surface area contributed by atoms with Gasteiger partial charge in [-0.05, 0) is 49.1 Å². The number of carboxylic acid groups (broad SMARTS) is 1. The summed E-state index contributed by atoms with van der Waals surface area (Å²) >= 11 is 0. The van der Waals surface area contributed by atoms with E-state index >= 15 is 0 Å². The number of nitrogens with zero attached hydrogens (tertiary/aromatic N) is 1. The van der Waals surface area contributed by atoms with Crippen LogP contribution in [0.4, 0.5) is 0 Å². The van der Waals surface area contributed by atoms with Crippen LogP contribution in [0.3, 0.4) is 0 Å². The molecule has 1 aromatic heterocycles. The number of amides is 2. The number of imide groups is 1. The maximum atomic E-state index is 14.0. The molecule has 0 radical (unpaired) electrons. The van der Waals surface area contributed by atoms with E-state index in [1.165, 1.54) is 4.90 Å². The van der Waals surface area contributed by atoms with Gasteiger partial charge in [0.25, 0.3) is 0 Å². The van der Waals surface area contributed by atoms with E-state index in [0.29, 0.717) is 0 Å². The third-order valence-electron chi connectivity index (χ3n) is 8.41. The van der Waals surface area contributed by atoms with E-state index in [2.05, 4.69) is 10.3 Å². The predicted molar refractivity (Wildman–Crippen MR) is 159 cm³/mol. The van der Waals surface area contributed by atoms with Crippen LogP contribution >= 0.6 is 0 Å². The molecule has 2 aliphatic rings. The maximum absolute atomic E-state index is 14.0. The molecule has 41 heavy (non-hydrogen) atoms. The van der Waals surface area contributed by atoms with Crippen molar-refractivity contribution in [2.24, 2.45) is 11.8 Å². The van der Waals surface area contributed by atoms with Crippen molar-refractivity contribution in [1.82, 2.24) is 15.2 Å². The topological polar surface area (TPSA) is 102 Å². The second-order valence-electron chi connectivity index (χ2n) is 12.0. The number of hydrogen-bond donors (Lipinski definition) is 3. The smallest absolute Gasteiger partial charge is 0.325 e. The quantitative estimate of drug-likeness (QED) is 0.220. The van der Waals surface area contributed by atoms with Gasteiger partial charge in [0, 0.05) is 35.1 Å². The summed E-state index contributed by atoms with van der Waals surface area (Å²) in [6, 6.07) is 24.8. The van der Waals surface area contributed by atoms with Gasteiger partial charge in [-0.2, -0.15) is 0 Å². The second kappa shape index (κ2) is 9.85. The fourth-order valence-electron chi connectivity index (χ4n) is 6.53. The SMILES string of the molecule is CC(C)(C)N1C(=O)C2C(c3ccc(C=Cc4ccccc4)cc3)NC(Cc3c[nH]c4ccccc34)(C(=O)O)C2C1=O. The summed E-state index contributed by atoms with van der Waals surface area (Å²) in [4.78, 5) is 45.6. The molecule has 7 heteroatoms. The Bertz CT molecular complexity index is 1670. The zero-order valence-electron chi connectivity index (χ0n) is 23.3. The summed E-state index contributed by atoms with van der Waals surface area (Å²) in [5.41, 5.74) is 2.05. The number of H-pyrrole nitrogens is 1. The summed E-state index contributed by atoms with van der Waals surface area (Å²) < 4.78 is 0. The monoisotopic (exact) mass is 547 g/mol. The molecule has 6 rings (SSSR count). The molecule has 4 atom stereocenters. The van der Waals surface area contributed by atoms with Crippen molar-refractivity contribution in [2.75, 3.05) is 0 Å². The number of carbonyl (C=O) groups is 3. The highest BCUT2D eigenvalue weighted by atomic mass is 16.4. The minimum Gasteiger partial charge on any atom is -0.480 e. The van der Waals surface area contributed by atoms with E-state index in [1.807, 2.05) is 112 Å². The van der Waals surface area contributed by atoms with Crippen LogP contribution in [0.15, 0.2) is 85.1 Å². The molecule has 2 aliphatic heterocycles. The van der Waals surface area contributed by atoms with Crippen molar-refractivity contribution < 1.29 is 19.5 Å². The van der Waals surface area contributed by atoms with Crippen LogP contribution < -0.4 is 5.32 Å². The highest BCUT2D eigenvalue weighted by molar-refractivity contribution is 6.10. The number of para-hydroxylation sites is 1. The zero-order chi connectivity index (χ0) is 28.9. The molecule has 2 saturated heterocycles. The Morgan fingerprint density at radius 3 is 2.20 bits per heavy atom. The molecule has 7 nitrogen and oxygen atoms in total. The number of nitrogens with one attached hydrogen (secondary N) is 2. The van der Waals surface area contributed by atoms with Crippen molar-refractivity contribution in [2.45, 2.75) is 44.3 Å². The van der Waals surface area contributed by atoms with E-state index < -0.39 is 40.8 Å². The highest BCUT2D eigenvalue weighted by Gasteiger charge is 2.69. The van der Waals surface area contributed by atoms with Crippen LogP contribution in [0.5, 0.6) is 0 Å². The zero-order valence-corrected chi connectivity index (χ0v) is 23.3. The van der Waals surface area contributed by atoms with Gasteiger partial charge in [-0.1, -0.05) is 84.9 Å². The van der Waals surface area contributed by atoms with Gasteiger partial charge < -0.3 is 10.1 Å². The number of carboxylic acids is 1. The first-order valence-corrected chi connectivity index (χ1v) is 13.9. The number of rotatable bonds is 6. The van der Waals surface area contributed by atoms with Crippen molar-refractivity contribution in [3.8, 4) is 0 Å². The van der Waals surface area contributed by atoms with Gasteiger partial charge in [0.1, 0.15) is 5.54 Å². The van der Waals surface area contributed by atoms with Crippen LogP contribution in [-0.4, -0.2) is 43.9 Å². The van der Waals surface area contributed by atoms with E-state index in [9.17, 15) is 19.5 Å². The molecule has 4 unspecified atom stereocenters. The first-order valence-electron chi connectivity index (χ1n) is 13.9. The van der Waals surface area contributed by atoms with E-state index in [-0.39, 0.29) is 12.3 Å². The molecule has 0 bridgehead atoms. The Hall–Kier alpha value is -4.49. The molecule has 4 aromatic rings. The van der Waals surface area contributed by atoms with Gasteiger partial charge in [-0.15, -0.1) is 0 Å². The Morgan fingerprint density at radius 2 is 1.54 bits per heavy atom. The summed E-state index contributed by atoms with van der Waals surface area (Å²) in [7, 11) is 0. The van der Waals surface area contributed by atoms with Crippen molar-refractivity contribution >= 4 is 40.8 Å². The first-order chi connectivity index (χ1) is 19.6. The van der Waals surface area contributed by atoms with E-state index in [1.54, 1.807) is 6.20 Å². The molecule has 2 amide bonds. The largest absolute Gasteiger partial charge is 0.480 e. The average Bonchev–Trinajstić information content (AvgIpc) is 3.60. The van der Waals surface area contributed by atoms with Gasteiger partial charge in [-0.25, -0.2) is 0 Å². The van der Waals surface area contributed by atoms with Gasteiger partial charge in [0.2, 0.25) is 11.8 Å². The second-order valence-corrected chi connectivity index (χ2v) is 12.0. The first kappa shape index (κ1) is 26.7. The van der Waals surface area contributed by atoms with Gasteiger partial charge in [0.05, 0.1) is 11.8 Å². The minimum atomic E-state index is -1.67. The van der Waals surface area contributed by atoms with Crippen LogP contribution in [0.25, 0.3) is 23.1 Å². The highest BCUT2D eigenvalue weighted by Crippen LogP contribution is 2.51. The van der Waals surface area contributed by atoms with Crippen molar-refractivity contribution in [3.63, 3.8) is 0 Å². The molecule has 0 saturated carbocycles. The molecule has 208 valence electrons. The Balaban J connectivity index is 1.41. The number of likely N-dealkylation sites (tertiary alicyclic amines) is 1. The lowest BCUT2D eigenvalue weighted by Gasteiger charge is -2.35. The molecular weight excluding hydrogens is 514 g/mol. The number of fused-ring (bicyclic) bond motifs is 2.